The van der Waals surface area contributed by atoms with Gasteiger partial charge in [-0.05, 0) is 0 Å². The first-order valence-corrected chi connectivity index (χ1v) is 2.03. The molecular formula is CH6Cl3P. The largest absolute Gasteiger partial charge is 0.147 e. The Morgan fingerprint density at radius 3 is 1.40 bits per heavy atom. The minimum Gasteiger partial charge on any atom is -0.147 e. The van der Waals surface area contributed by atoms with Crippen LogP contribution in [0.5, 0.6) is 0 Å². The number of halogens is 3. The second-order valence-electron chi connectivity index (χ2n) is 0.154. The lowest BCUT2D eigenvalue weighted by Gasteiger charge is -1.46. The van der Waals surface area contributed by atoms with E-state index in [2.05, 4.69) is 9.24 Å². The fourth-order valence-electron chi connectivity index (χ4n) is 0. The van der Waals surface area contributed by atoms with Gasteiger partial charge in [-0.25, -0.2) is 0 Å². The molecule has 0 aromatic heterocycles. The molecule has 0 aliphatic rings. The van der Waals surface area contributed by atoms with Gasteiger partial charge in [-0.15, -0.1) is 45.7 Å². The molecule has 0 heterocycles. The molecule has 0 aliphatic carbocycles. The van der Waals surface area contributed by atoms with Crippen LogP contribution in [0.4, 0.5) is 0 Å². The fraction of sp³-hybridized carbons (Fsp3) is 1.00. The highest BCUT2D eigenvalue weighted by atomic mass is 35.5. The van der Waals surface area contributed by atoms with Gasteiger partial charge < -0.3 is 0 Å². The normalized spacial score (nSPS) is 3.60. The van der Waals surface area contributed by atoms with Gasteiger partial charge >= 0.3 is 0 Å². The molecule has 5 heavy (non-hydrogen) atoms. The van der Waals surface area contributed by atoms with Gasteiger partial charge in [-0.3, -0.25) is 0 Å². The third-order valence-electron chi connectivity index (χ3n) is 0. The van der Waals surface area contributed by atoms with E-state index >= 15 is 0 Å². The zero-order valence-corrected chi connectivity index (χ0v) is 6.02. The van der Waals surface area contributed by atoms with Gasteiger partial charge in [0.2, 0.25) is 0 Å². The maximum atomic E-state index is 4.96. The van der Waals surface area contributed by atoms with Gasteiger partial charge in [0, 0.05) is 5.62 Å². The van der Waals surface area contributed by atoms with Crippen LogP contribution in [0, 0.1) is 0 Å². The molecule has 1 unspecified atom stereocenters. The van der Waals surface area contributed by atoms with Crippen LogP contribution in [-0.4, -0.2) is 5.62 Å². The Hall–Kier alpha value is 1.30. The van der Waals surface area contributed by atoms with E-state index in [0.717, 1.165) is 0 Å². The third-order valence-corrected chi connectivity index (χ3v) is 0. The lowest BCUT2D eigenvalue weighted by molar-refractivity contribution is 2.26. The molecule has 0 rings (SSSR count). The average Bonchev–Trinajstić information content (AvgIpc) is 0.918. The van der Waals surface area contributed by atoms with Crippen molar-refractivity contribution in [3.8, 4) is 0 Å². The van der Waals surface area contributed by atoms with Crippen LogP contribution in [0.3, 0.4) is 0 Å². The van der Waals surface area contributed by atoms with Crippen LogP contribution in [0.25, 0.3) is 0 Å². The van der Waals surface area contributed by atoms with Gasteiger partial charge in [-0.2, -0.15) is 0 Å². The maximum Gasteiger partial charge on any atom is 0.0366 e. The molecule has 4 heteroatoms. The van der Waals surface area contributed by atoms with E-state index < -0.39 is 0 Å². The Morgan fingerprint density at radius 2 is 1.40 bits per heavy atom. The monoisotopic (exact) mass is 154 g/mol. The highest BCUT2D eigenvalue weighted by Crippen LogP contribution is 1.79. The minimum atomic E-state index is 0. The summed E-state index contributed by atoms with van der Waals surface area (Å²) in [6, 6.07) is 0. The second kappa shape index (κ2) is 18.5. The Labute approximate surface area is 51.7 Å². The molecule has 1 atom stereocenters. The summed E-state index contributed by atoms with van der Waals surface area (Å²) in [5.74, 6) is 0. The summed E-state index contributed by atoms with van der Waals surface area (Å²) < 4.78 is 0. The highest BCUT2D eigenvalue weighted by Gasteiger charge is 1.37. The van der Waals surface area contributed by atoms with Crippen molar-refractivity contribution in [2.45, 2.75) is 0 Å². The molecule has 36 valence electrons. The van der Waals surface area contributed by atoms with Crippen molar-refractivity contribution in [1.82, 2.24) is 0 Å². The number of hydrogen-bond acceptors (Lipinski definition) is 0. The van der Waals surface area contributed by atoms with E-state index in [1.807, 2.05) is 0 Å². The van der Waals surface area contributed by atoms with Crippen molar-refractivity contribution in [3.05, 3.63) is 0 Å². The topological polar surface area (TPSA) is 0 Å². The van der Waals surface area contributed by atoms with Gasteiger partial charge in [0.05, 0.1) is 0 Å². The van der Waals surface area contributed by atoms with Gasteiger partial charge in [0.1, 0.15) is 0 Å². The molecule has 0 amide bonds. The maximum absolute atomic E-state index is 4.96. The van der Waals surface area contributed by atoms with E-state index in [4.69, 9.17) is 11.6 Å². The summed E-state index contributed by atoms with van der Waals surface area (Å²) in [4.78, 5) is 0. The Kier molecular flexibility index (Phi) is 60.2. The standard InChI is InChI=1S/CH4ClP.2ClH/c2-1-3;;/h1,3H2;2*1H. The van der Waals surface area contributed by atoms with E-state index in [9.17, 15) is 0 Å². The summed E-state index contributed by atoms with van der Waals surface area (Å²) in [6.45, 7) is 0. The summed E-state index contributed by atoms with van der Waals surface area (Å²) in [7, 11) is 2.34. The molecule has 0 fully saturated rings. The first kappa shape index (κ1) is 16.3. The van der Waals surface area contributed by atoms with Crippen molar-refractivity contribution in [2.75, 3.05) is 5.62 Å². The molecule has 0 saturated heterocycles. The lowest BCUT2D eigenvalue weighted by atomic mass is 11.9. The Bertz CT molecular complexity index is 6.85. The molecular weight excluding hydrogens is 149 g/mol. The van der Waals surface area contributed by atoms with Gasteiger partial charge in [-0.1, -0.05) is 0 Å². The van der Waals surface area contributed by atoms with Crippen LogP contribution < -0.4 is 0 Å². The van der Waals surface area contributed by atoms with E-state index in [1.54, 1.807) is 0 Å². The van der Waals surface area contributed by atoms with Crippen LogP contribution in [0.1, 0.15) is 0 Å². The summed E-state index contributed by atoms with van der Waals surface area (Å²) in [5, 5.41) is 0. The highest BCUT2D eigenvalue weighted by molar-refractivity contribution is 7.19. The third kappa shape index (κ3) is 34.2. The number of rotatable bonds is 0. The molecule has 0 aromatic rings. The predicted molar refractivity (Wildman–Crippen MR) is 34.9 cm³/mol. The molecule has 0 bridgehead atoms. The second-order valence-corrected chi connectivity index (χ2v) is 1.39. The zero-order valence-electron chi connectivity index (χ0n) is 2.48. The van der Waals surface area contributed by atoms with Crippen LogP contribution in [-0.2, 0) is 0 Å². The van der Waals surface area contributed by atoms with Crippen molar-refractivity contribution >= 4 is 45.7 Å². The first-order chi connectivity index (χ1) is 1.41. The molecule has 0 nitrogen and oxygen atoms in total. The molecule has 0 aromatic carbocycles. The van der Waals surface area contributed by atoms with Crippen molar-refractivity contribution in [3.63, 3.8) is 0 Å². The predicted octanol–water partition coefficient (Wildman–Crippen LogP) is 1.90. The van der Waals surface area contributed by atoms with Crippen LogP contribution >= 0.6 is 45.7 Å². The van der Waals surface area contributed by atoms with E-state index in [0.29, 0.717) is 5.62 Å². The molecule has 0 radical (unpaired) electrons. The SMILES string of the molecule is Cl.Cl.PCCl. The molecule has 0 aliphatic heterocycles. The van der Waals surface area contributed by atoms with Crippen molar-refractivity contribution in [2.24, 2.45) is 0 Å². The first-order valence-electron chi connectivity index (χ1n) is 0.676. The minimum absolute atomic E-state index is 0. The van der Waals surface area contributed by atoms with Crippen molar-refractivity contribution < 1.29 is 0 Å². The van der Waals surface area contributed by atoms with E-state index in [1.165, 1.54) is 0 Å². The van der Waals surface area contributed by atoms with Crippen LogP contribution in [0.15, 0.2) is 0 Å². The number of alkyl halides is 1. The molecule has 0 spiro atoms. The number of hydrogen-bond donors (Lipinski definition) is 0. The smallest absolute Gasteiger partial charge is 0.0366 e. The van der Waals surface area contributed by atoms with Gasteiger partial charge in [0.25, 0.3) is 0 Å². The Morgan fingerprint density at radius 1 is 1.40 bits per heavy atom. The fourth-order valence-corrected chi connectivity index (χ4v) is 0. The lowest BCUT2D eigenvalue weighted by Crippen LogP contribution is -1.21. The summed E-state index contributed by atoms with van der Waals surface area (Å²) in [6.07, 6.45) is 0. The Balaban J connectivity index is -0.0000000200. The van der Waals surface area contributed by atoms with E-state index in [-0.39, 0.29) is 24.8 Å². The molecule has 0 N–H and O–H groups in total. The quantitative estimate of drug-likeness (QED) is 0.370. The van der Waals surface area contributed by atoms with Crippen molar-refractivity contribution in [1.29, 1.82) is 0 Å². The zero-order chi connectivity index (χ0) is 2.71. The van der Waals surface area contributed by atoms with Gasteiger partial charge in [0.15, 0.2) is 0 Å². The summed E-state index contributed by atoms with van der Waals surface area (Å²) in [5.41, 5.74) is 0.639. The molecule has 0 saturated carbocycles. The average molecular weight is 155 g/mol. The summed E-state index contributed by atoms with van der Waals surface area (Å²) >= 11 is 4.96. The van der Waals surface area contributed by atoms with Crippen LogP contribution in [0.2, 0.25) is 0 Å².